The Labute approximate surface area is 95.0 Å². The van der Waals surface area contributed by atoms with E-state index in [4.69, 9.17) is 10.5 Å². The van der Waals surface area contributed by atoms with Crippen LogP contribution in [0.25, 0.3) is 0 Å². The summed E-state index contributed by atoms with van der Waals surface area (Å²) in [6.45, 7) is 13.3. The fourth-order valence-electron chi connectivity index (χ4n) is 1.50. The summed E-state index contributed by atoms with van der Waals surface area (Å²) in [6, 6.07) is 0.288. The molecular formula is C12H28N2O. The summed E-state index contributed by atoms with van der Waals surface area (Å²) >= 11 is 0. The fraction of sp³-hybridized carbons (Fsp3) is 1.00. The zero-order chi connectivity index (χ0) is 11.7. The Morgan fingerprint density at radius 2 is 1.93 bits per heavy atom. The van der Waals surface area contributed by atoms with Gasteiger partial charge in [-0.25, -0.2) is 0 Å². The van der Waals surface area contributed by atoms with Crippen molar-refractivity contribution in [1.82, 2.24) is 4.90 Å². The number of likely N-dealkylation sites (N-methyl/N-ethyl adjacent to an activating group) is 1. The van der Waals surface area contributed by atoms with Crippen LogP contribution in [-0.4, -0.2) is 43.8 Å². The second-order valence-electron chi connectivity index (χ2n) is 4.14. The van der Waals surface area contributed by atoms with E-state index in [9.17, 15) is 0 Å². The highest BCUT2D eigenvalue weighted by Gasteiger charge is 2.14. The van der Waals surface area contributed by atoms with E-state index in [1.54, 1.807) is 0 Å². The molecule has 3 heteroatoms. The predicted octanol–water partition coefficient (Wildman–Crippen LogP) is 1.72. The molecule has 3 nitrogen and oxygen atoms in total. The lowest BCUT2D eigenvalue weighted by Crippen LogP contribution is -2.42. The van der Waals surface area contributed by atoms with Crippen molar-refractivity contribution in [3.05, 3.63) is 0 Å². The van der Waals surface area contributed by atoms with E-state index in [0.29, 0.717) is 5.92 Å². The van der Waals surface area contributed by atoms with E-state index in [-0.39, 0.29) is 6.04 Å². The molecule has 0 aromatic rings. The van der Waals surface area contributed by atoms with E-state index in [2.05, 4.69) is 25.7 Å². The van der Waals surface area contributed by atoms with E-state index >= 15 is 0 Å². The zero-order valence-corrected chi connectivity index (χ0v) is 10.8. The van der Waals surface area contributed by atoms with Gasteiger partial charge < -0.3 is 10.5 Å². The monoisotopic (exact) mass is 216 g/mol. The summed E-state index contributed by atoms with van der Waals surface area (Å²) in [7, 11) is 0. The fourth-order valence-corrected chi connectivity index (χ4v) is 1.50. The first-order valence-electron chi connectivity index (χ1n) is 6.21. The molecular weight excluding hydrogens is 188 g/mol. The number of hydrogen-bond donors (Lipinski definition) is 1. The summed E-state index contributed by atoms with van der Waals surface area (Å²) in [5.74, 6) is 0.603. The lowest BCUT2D eigenvalue weighted by molar-refractivity contribution is 0.110. The lowest BCUT2D eigenvalue weighted by Gasteiger charge is -2.27. The highest BCUT2D eigenvalue weighted by Crippen LogP contribution is 2.06. The van der Waals surface area contributed by atoms with Crippen LogP contribution in [0.15, 0.2) is 0 Å². The van der Waals surface area contributed by atoms with Crippen LogP contribution in [0.4, 0.5) is 0 Å². The van der Waals surface area contributed by atoms with Gasteiger partial charge in [0.05, 0.1) is 6.61 Å². The number of rotatable bonds is 9. The van der Waals surface area contributed by atoms with Crippen LogP contribution < -0.4 is 5.73 Å². The van der Waals surface area contributed by atoms with Crippen LogP contribution in [0.3, 0.4) is 0 Å². The second-order valence-corrected chi connectivity index (χ2v) is 4.14. The van der Waals surface area contributed by atoms with Gasteiger partial charge in [0, 0.05) is 25.7 Å². The molecule has 15 heavy (non-hydrogen) atoms. The molecule has 0 amide bonds. The van der Waals surface area contributed by atoms with Crippen molar-refractivity contribution < 1.29 is 4.74 Å². The number of hydrogen-bond acceptors (Lipinski definition) is 3. The van der Waals surface area contributed by atoms with Crippen molar-refractivity contribution in [3.63, 3.8) is 0 Å². The van der Waals surface area contributed by atoms with Crippen molar-refractivity contribution >= 4 is 0 Å². The number of nitrogens with two attached hydrogens (primary N) is 1. The average molecular weight is 216 g/mol. The second kappa shape index (κ2) is 9.13. The van der Waals surface area contributed by atoms with Crippen molar-refractivity contribution in [2.24, 2.45) is 11.7 Å². The molecule has 2 N–H and O–H groups in total. The van der Waals surface area contributed by atoms with E-state index < -0.39 is 0 Å². The molecule has 0 radical (unpaired) electrons. The van der Waals surface area contributed by atoms with Crippen LogP contribution >= 0.6 is 0 Å². The van der Waals surface area contributed by atoms with Gasteiger partial charge in [-0.15, -0.1) is 0 Å². The first kappa shape index (κ1) is 14.9. The van der Waals surface area contributed by atoms with E-state index in [1.165, 1.54) is 0 Å². The van der Waals surface area contributed by atoms with Crippen molar-refractivity contribution in [3.8, 4) is 0 Å². The molecule has 0 heterocycles. The zero-order valence-electron chi connectivity index (χ0n) is 10.8. The Morgan fingerprint density at radius 3 is 2.40 bits per heavy atom. The van der Waals surface area contributed by atoms with Crippen molar-refractivity contribution in [2.45, 2.75) is 40.2 Å². The Balaban J connectivity index is 3.76. The van der Waals surface area contributed by atoms with Gasteiger partial charge in [0.15, 0.2) is 0 Å². The molecule has 0 aliphatic heterocycles. The minimum Gasteiger partial charge on any atom is -0.380 e. The normalized spacial score (nSPS) is 15.6. The summed E-state index contributed by atoms with van der Waals surface area (Å²) in [5.41, 5.74) is 6.13. The molecule has 0 aromatic heterocycles. The molecule has 0 saturated heterocycles. The van der Waals surface area contributed by atoms with Gasteiger partial charge in [0.25, 0.3) is 0 Å². The maximum Gasteiger partial charge on any atom is 0.0593 e. The maximum absolute atomic E-state index is 6.13. The topological polar surface area (TPSA) is 38.5 Å². The molecule has 0 fully saturated rings. The molecule has 2 unspecified atom stereocenters. The van der Waals surface area contributed by atoms with E-state index in [0.717, 1.165) is 39.3 Å². The predicted molar refractivity (Wildman–Crippen MR) is 66.0 cm³/mol. The Bertz CT molecular complexity index is 142. The smallest absolute Gasteiger partial charge is 0.0593 e. The van der Waals surface area contributed by atoms with E-state index in [1.807, 2.05) is 6.92 Å². The number of ether oxygens (including phenoxy) is 1. The molecule has 0 saturated carbocycles. The molecule has 0 rings (SSSR count). The summed E-state index contributed by atoms with van der Waals surface area (Å²) in [4.78, 5) is 2.37. The van der Waals surface area contributed by atoms with Crippen molar-refractivity contribution in [2.75, 3.05) is 32.8 Å². The molecule has 0 bridgehead atoms. The first-order valence-corrected chi connectivity index (χ1v) is 6.21. The van der Waals surface area contributed by atoms with Crippen LogP contribution in [0.5, 0.6) is 0 Å². The molecule has 0 aliphatic carbocycles. The third-order valence-electron chi connectivity index (χ3n) is 3.05. The van der Waals surface area contributed by atoms with Gasteiger partial charge in [-0.2, -0.15) is 0 Å². The van der Waals surface area contributed by atoms with Crippen LogP contribution in [-0.2, 0) is 4.74 Å². The molecule has 0 aliphatic rings. The molecule has 0 aromatic carbocycles. The van der Waals surface area contributed by atoms with Crippen LogP contribution in [0.2, 0.25) is 0 Å². The van der Waals surface area contributed by atoms with Crippen molar-refractivity contribution in [1.29, 1.82) is 0 Å². The highest BCUT2D eigenvalue weighted by molar-refractivity contribution is 4.72. The van der Waals surface area contributed by atoms with Crippen LogP contribution in [0.1, 0.15) is 34.1 Å². The van der Waals surface area contributed by atoms with Gasteiger partial charge in [-0.1, -0.05) is 27.2 Å². The minimum absolute atomic E-state index is 0.288. The average Bonchev–Trinajstić information content (AvgIpc) is 2.26. The quantitative estimate of drug-likeness (QED) is 0.596. The first-order chi connectivity index (χ1) is 7.15. The molecule has 0 spiro atoms. The SMILES string of the molecule is CCOCCN(CC)CC(N)C(C)CC. The third kappa shape index (κ3) is 6.88. The molecule has 92 valence electrons. The summed E-state index contributed by atoms with van der Waals surface area (Å²) < 4.78 is 5.35. The number of nitrogens with zero attached hydrogens (tertiary/aromatic N) is 1. The lowest BCUT2D eigenvalue weighted by atomic mass is 10.00. The standard InChI is InChI=1S/C12H28N2O/c1-5-11(4)12(13)10-14(6-2)8-9-15-7-3/h11-12H,5-10,13H2,1-4H3. The van der Waals surface area contributed by atoms with Gasteiger partial charge in [-0.05, 0) is 19.4 Å². The molecule has 2 atom stereocenters. The van der Waals surface area contributed by atoms with Gasteiger partial charge in [0.2, 0.25) is 0 Å². The largest absolute Gasteiger partial charge is 0.380 e. The summed E-state index contributed by atoms with van der Waals surface area (Å²) in [6.07, 6.45) is 1.16. The highest BCUT2D eigenvalue weighted by atomic mass is 16.5. The van der Waals surface area contributed by atoms with Gasteiger partial charge >= 0.3 is 0 Å². The van der Waals surface area contributed by atoms with Crippen LogP contribution in [0, 0.1) is 5.92 Å². The Morgan fingerprint density at radius 1 is 1.27 bits per heavy atom. The Hall–Kier alpha value is -0.120. The Kier molecular flexibility index (Phi) is 9.06. The minimum atomic E-state index is 0.288. The summed E-state index contributed by atoms with van der Waals surface area (Å²) in [5, 5.41) is 0. The van der Waals surface area contributed by atoms with Gasteiger partial charge in [0.1, 0.15) is 0 Å². The maximum atomic E-state index is 6.13. The van der Waals surface area contributed by atoms with Gasteiger partial charge in [-0.3, -0.25) is 4.90 Å². The third-order valence-corrected chi connectivity index (χ3v) is 3.05.